The van der Waals surface area contributed by atoms with Crippen LogP contribution in [0.1, 0.15) is 18.6 Å². The van der Waals surface area contributed by atoms with Crippen molar-refractivity contribution < 1.29 is 14.3 Å². The lowest BCUT2D eigenvalue weighted by Gasteiger charge is -2.27. The number of rotatable bonds is 6. The summed E-state index contributed by atoms with van der Waals surface area (Å²) in [6.07, 6.45) is 3.60. The second-order valence-corrected chi connectivity index (χ2v) is 5.84. The Kier molecular flexibility index (Phi) is 5.10. The number of para-hydroxylation sites is 1. The number of carbonyl (C=O) groups is 1. The predicted octanol–water partition coefficient (Wildman–Crippen LogP) is 2.27. The summed E-state index contributed by atoms with van der Waals surface area (Å²) in [5.41, 5.74) is 0.855. The molecule has 1 N–H and O–H groups in total. The number of aliphatic hydroxyl groups is 1. The molecule has 2 aromatic rings. The minimum atomic E-state index is 0.0212. The number of furan rings is 1. The van der Waals surface area contributed by atoms with Crippen molar-refractivity contribution in [3.63, 3.8) is 0 Å². The lowest BCUT2D eigenvalue weighted by molar-refractivity contribution is -0.120. The molecule has 5 heteroatoms. The summed E-state index contributed by atoms with van der Waals surface area (Å²) in [6.45, 7) is 1.70. The minimum absolute atomic E-state index is 0.0212. The number of anilines is 1. The van der Waals surface area contributed by atoms with Crippen LogP contribution in [-0.2, 0) is 11.3 Å². The first-order valence-corrected chi connectivity index (χ1v) is 8.00. The van der Waals surface area contributed by atoms with E-state index in [0.29, 0.717) is 13.1 Å². The number of hydrogen-bond acceptors (Lipinski definition) is 4. The third-order valence-electron chi connectivity index (χ3n) is 4.31. The highest BCUT2D eigenvalue weighted by molar-refractivity contribution is 5.94. The molecule has 1 aromatic carbocycles. The molecule has 23 heavy (non-hydrogen) atoms. The largest absolute Gasteiger partial charge is 0.467 e. The summed E-state index contributed by atoms with van der Waals surface area (Å²) in [6, 6.07) is 13.4. The molecule has 1 fully saturated rings. The summed E-state index contributed by atoms with van der Waals surface area (Å²) in [4.78, 5) is 16.7. The van der Waals surface area contributed by atoms with Gasteiger partial charge in [0.1, 0.15) is 5.76 Å². The van der Waals surface area contributed by atoms with Gasteiger partial charge in [-0.05, 0) is 43.7 Å². The molecule has 5 nitrogen and oxygen atoms in total. The number of amides is 1. The molecule has 3 rings (SSSR count). The smallest absolute Gasteiger partial charge is 0.241 e. The van der Waals surface area contributed by atoms with Crippen LogP contribution < -0.4 is 4.90 Å². The molecule has 1 aliphatic rings. The van der Waals surface area contributed by atoms with Crippen molar-refractivity contribution in [3.05, 3.63) is 54.5 Å². The van der Waals surface area contributed by atoms with Gasteiger partial charge in [0.15, 0.2) is 0 Å². The summed E-state index contributed by atoms with van der Waals surface area (Å²) in [5, 5.41) is 9.43. The lowest BCUT2D eigenvalue weighted by atomic mass is 10.2. The maximum Gasteiger partial charge on any atom is 0.241 e. The van der Waals surface area contributed by atoms with Crippen molar-refractivity contribution in [1.82, 2.24) is 4.90 Å². The van der Waals surface area contributed by atoms with Crippen LogP contribution in [0.15, 0.2) is 53.1 Å². The Bertz CT molecular complexity index is 612. The number of aliphatic hydroxyl groups excluding tert-OH is 1. The molecular weight excluding hydrogens is 292 g/mol. The molecule has 0 aliphatic carbocycles. The minimum Gasteiger partial charge on any atom is -0.467 e. The third kappa shape index (κ3) is 3.81. The summed E-state index contributed by atoms with van der Waals surface area (Å²) < 4.78 is 5.40. The van der Waals surface area contributed by atoms with Crippen LogP contribution in [0.3, 0.4) is 0 Å². The molecule has 0 saturated carbocycles. The molecule has 1 amide bonds. The molecule has 122 valence electrons. The van der Waals surface area contributed by atoms with Crippen LogP contribution >= 0.6 is 0 Å². The Balaban J connectivity index is 1.75. The Morgan fingerprint density at radius 2 is 2.09 bits per heavy atom. The van der Waals surface area contributed by atoms with Crippen LogP contribution in [0.2, 0.25) is 0 Å². The van der Waals surface area contributed by atoms with E-state index in [-0.39, 0.29) is 18.6 Å². The van der Waals surface area contributed by atoms with Gasteiger partial charge in [0.25, 0.3) is 0 Å². The zero-order valence-electron chi connectivity index (χ0n) is 13.1. The lowest BCUT2D eigenvalue weighted by Crippen LogP contribution is -2.43. The van der Waals surface area contributed by atoms with E-state index in [2.05, 4.69) is 4.90 Å². The highest BCUT2D eigenvalue weighted by Crippen LogP contribution is 2.20. The highest BCUT2D eigenvalue weighted by atomic mass is 16.3. The van der Waals surface area contributed by atoms with Crippen molar-refractivity contribution in [2.45, 2.75) is 25.4 Å². The normalized spacial score (nSPS) is 18.2. The SMILES string of the molecule is O=C(CN1CCC[C@@H]1CO)N(Cc1ccco1)c1ccccc1. The molecule has 0 radical (unpaired) electrons. The molecule has 0 unspecified atom stereocenters. The number of benzene rings is 1. The van der Waals surface area contributed by atoms with Crippen LogP contribution in [0, 0.1) is 0 Å². The maximum atomic E-state index is 12.8. The van der Waals surface area contributed by atoms with E-state index in [1.807, 2.05) is 42.5 Å². The van der Waals surface area contributed by atoms with Crippen molar-refractivity contribution in [2.75, 3.05) is 24.6 Å². The second kappa shape index (κ2) is 7.44. The Morgan fingerprint density at radius 1 is 1.26 bits per heavy atom. The van der Waals surface area contributed by atoms with Gasteiger partial charge in [0, 0.05) is 11.7 Å². The van der Waals surface area contributed by atoms with Gasteiger partial charge >= 0.3 is 0 Å². The number of nitrogens with zero attached hydrogens (tertiary/aromatic N) is 2. The fourth-order valence-electron chi connectivity index (χ4n) is 3.06. The molecule has 1 aromatic heterocycles. The van der Waals surface area contributed by atoms with E-state index < -0.39 is 0 Å². The van der Waals surface area contributed by atoms with Crippen LogP contribution in [0.25, 0.3) is 0 Å². The van der Waals surface area contributed by atoms with Gasteiger partial charge < -0.3 is 14.4 Å². The van der Waals surface area contributed by atoms with Crippen molar-refractivity contribution >= 4 is 11.6 Å². The quantitative estimate of drug-likeness (QED) is 0.888. The second-order valence-electron chi connectivity index (χ2n) is 5.84. The first-order chi connectivity index (χ1) is 11.3. The zero-order chi connectivity index (χ0) is 16.1. The van der Waals surface area contributed by atoms with Crippen LogP contribution in [-0.4, -0.2) is 41.7 Å². The van der Waals surface area contributed by atoms with Gasteiger partial charge in [-0.15, -0.1) is 0 Å². The third-order valence-corrected chi connectivity index (χ3v) is 4.31. The molecule has 0 bridgehead atoms. The molecule has 2 heterocycles. The van der Waals surface area contributed by atoms with E-state index in [1.165, 1.54) is 0 Å². The average molecular weight is 314 g/mol. The first-order valence-electron chi connectivity index (χ1n) is 8.00. The van der Waals surface area contributed by atoms with E-state index in [1.54, 1.807) is 11.2 Å². The van der Waals surface area contributed by atoms with E-state index >= 15 is 0 Å². The summed E-state index contributed by atoms with van der Waals surface area (Å²) in [5.74, 6) is 0.773. The van der Waals surface area contributed by atoms with Gasteiger partial charge in [-0.2, -0.15) is 0 Å². The van der Waals surface area contributed by atoms with E-state index in [4.69, 9.17) is 4.42 Å². The summed E-state index contributed by atoms with van der Waals surface area (Å²) >= 11 is 0. The standard InChI is InChI=1S/C18H22N2O3/c21-14-16-8-4-10-19(16)13-18(22)20(12-17-9-5-11-23-17)15-6-2-1-3-7-15/h1-3,5-7,9,11,16,21H,4,8,10,12-14H2/t16-/m1/s1. The van der Waals surface area contributed by atoms with Gasteiger partial charge in [0.2, 0.25) is 5.91 Å². The molecule has 1 saturated heterocycles. The van der Waals surface area contributed by atoms with Gasteiger partial charge in [-0.1, -0.05) is 18.2 Å². The monoisotopic (exact) mass is 314 g/mol. The van der Waals surface area contributed by atoms with Crippen molar-refractivity contribution in [3.8, 4) is 0 Å². The Morgan fingerprint density at radius 3 is 2.78 bits per heavy atom. The van der Waals surface area contributed by atoms with Gasteiger partial charge in [0.05, 0.1) is 26.0 Å². The van der Waals surface area contributed by atoms with E-state index in [9.17, 15) is 9.90 Å². The van der Waals surface area contributed by atoms with Crippen molar-refractivity contribution in [1.29, 1.82) is 0 Å². The molecule has 1 aliphatic heterocycles. The van der Waals surface area contributed by atoms with Crippen molar-refractivity contribution in [2.24, 2.45) is 0 Å². The molecular formula is C18H22N2O3. The average Bonchev–Trinajstić information content (AvgIpc) is 3.24. The zero-order valence-corrected chi connectivity index (χ0v) is 13.1. The Hall–Kier alpha value is -2.11. The van der Waals surface area contributed by atoms with Crippen LogP contribution in [0.4, 0.5) is 5.69 Å². The number of likely N-dealkylation sites (tertiary alicyclic amines) is 1. The van der Waals surface area contributed by atoms with E-state index in [0.717, 1.165) is 30.8 Å². The summed E-state index contributed by atoms with van der Waals surface area (Å²) in [7, 11) is 0. The van der Waals surface area contributed by atoms with Crippen LogP contribution in [0.5, 0.6) is 0 Å². The number of carbonyl (C=O) groups excluding carboxylic acids is 1. The first kappa shape index (κ1) is 15.8. The molecule has 1 atom stereocenters. The predicted molar refractivity (Wildman–Crippen MR) is 88.0 cm³/mol. The topological polar surface area (TPSA) is 56.9 Å². The maximum absolute atomic E-state index is 12.8. The number of hydrogen-bond donors (Lipinski definition) is 1. The van der Waals surface area contributed by atoms with Gasteiger partial charge in [-0.3, -0.25) is 9.69 Å². The Labute approximate surface area is 136 Å². The highest BCUT2D eigenvalue weighted by Gasteiger charge is 2.28. The fourth-order valence-corrected chi connectivity index (χ4v) is 3.06. The molecule has 0 spiro atoms. The van der Waals surface area contributed by atoms with Gasteiger partial charge in [-0.25, -0.2) is 0 Å². The fraction of sp³-hybridized carbons (Fsp3) is 0.389.